The molecule has 0 spiro atoms. The largest absolute Gasteiger partial charge is 0.0654 e. The van der Waals surface area contributed by atoms with E-state index in [9.17, 15) is 0 Å². The Morgan fingerprint density at radius 1 is 0.867 bits per heavy atom. The van der Waals surface area contributed by atoms with E-state index in [1.165, 1.54) is 32.1 Å². The molecule has 0 saturated carbocycles. The highest BCUT2D eigenvalue weighted by molar-refractivity contribution is 4.93. The van der Waals surface area contributed by atoms with Gasteiger partial charge in [0.2, 0.25) is 0 Å². The SMILES string of the molecule is CCCC(CCC)(C(C)CC)C(C)(C)C. The summed E-state index contributed by atoms with van der Waals surface area (Å²) in [5.74, 6) is 0.845. The van der Waals surface area contributed by atoms with E-state index < -0.39 is 0 Å². The van der Waals surface area contributed by atoms with Crippen molar-refractivity contribution in [3.05, 3.63) is 0 Å². The third-order valence-corrected chi connectivity index (χ3v) is 4.44. The highest BCUT2D eigenvalue weighted by Crippen LogP contribution is 2.52. The van der Waals surface area contributed by atoms with Gasteiger partial charge in [-0.2, -0.15) is 0 Å². The zero-order chi connectivity index (χ0) is 12.1. The minimum Gasteiger partial charge on any atom is -0.0654 e. The predicted molar refractivity (Wildman–Crippen MR) is 71.2 cm³/mol. The molecule has 0 bridgehead atoms. The van der Waals surface area contributed by atoms with E-state index >= 15 is 0 Å². The summed E-state index contributed by atoms with van der Waals surface area (Å²) in [5, 5.41) is 0. The van der Waals surface area contributed by atoms with Crippen molar-refractivity contribution >= 4 is 0 Å². The van der Waals surface area contributed by atoms with Gasteiger partial charge in [-0.3, -0.25) is 0 Å². The van der Waals surface area contributed by atoms with Crippen LogP contribution in [0.4, 0.5) is 0 Å². The van der Waals surface area contributed by atoms with Crippen LogP contribution in [0.2, 0.25) is 0 Å². The average Bonchev–Trinajstić information content (AvgIpc) is 2.14. The summed E-state index contributed by atoms with van der Waals surface area (Å²) in [6.07, 6.45) is 6.74. The van der Waals surface area contributed by atoms with Gasteiger partial charge < -0.3 is 0 Å². The highest BCUT2D eigenvalue weighted by Gasteiger charge is 2.43. The third kappa shape index (κ3) is 3.23. The number of hydrogen-bond acceptors (Lipinski definition) is 0. The van der Waals surface area contributed by atoms with Crippen molar-refractivity contribution in [1.82, 2.24) is 0 Å². The Hall–Kier alpha value is 0. The molecule has 92 valence electrons. The quantitative estimate of drug-likeness (QED) is 0.532. The second kappa shape index (κ2) is 5.92. The summed E-state index contributed by atoms with van der Waals surface area (Å²) in [5.41, 5.74) is 0.986. The maximum atomic E-state index is 2.45. The molecule has 0 N–H and O–H groups in total. The van der Waals surface area contributed by atoms with Crippen LogP contribution < -0.4 is 0 Å². The van der Waals surface area contributed by atoms with Crippen molar-refractivity contribution < 1.29 is 0 Å². The monoisotopic (exact) mass is 212 g/mol. The number of rotatable bonds is 6. The van der Waals surface area contributed by atoms with Crippen molar-refractivity contribution in [1.29, 1.82) is 0 Å². The average molecular weight is 212 g/mol. The van der Waals surface area contributed by atoms with Crippen LogP contribution in [-0.2, 0) is 0 Å². The molecule has 0 heteroatoms. The summed E-state index contributed by atoms with van der Waals surface area (Å²) >= 11 is 0. The molecular formula is C15H32. The van der Waals surface area contributed by atoms with Gasteiger partial charge in [-0.1, -0.05) is 67.7 Å². The second-order valence-electron chi connectivity index (χ2n) is 6.22. The maximum absolute atomic E-state index is 2.45. The van der Waals surface area contributed by atoms with E-state index in [1.54, 1.807) is 0 Å². The van der Waals surface area contributed by atoms with Gasteiger partial charge in [0, 0.05) is 0 Å². The lowest BCUT2D eigenvalue weighted by Crippen LogP contribution is -2.41. The molecule has 1 atom stereocenters. The fourth-order valence-corrected chi connectivity index (χ4v) is 3.39. The Labute approximate surface area is 97.8 Å². The van der Waals surface area contributed by atoms with Crippen molar-refractivity contribution in [2.75, 3.05) is 0 Å². The van der Waals surface area contributed by atoms with E-state index in [0.29, 0.717) is 10.8 Å². The second-order valence-corrected chi connectivity index (χ2v) is 6.22. The van der Waals surface area contributed by atoms with Crippen LogP contribution in [0.5, 0.6) is 0 Å². The normalized spacial score (nSPS) is 15.4. The van der Waals surface area contributed by atoms with E-state index in [1.807, 2.05) is 0 Å². The molecule has 0 heterocycles. The summed E-state index contributed by atoms with van der Waals surface area (Å²) in [4.78, 5) is 0. The molecule has 0 aromatic carbocycles. The lowest BCUT2D eigenvalue weighted by atomic mass is 9.55. The van der Waals surface area contributed by atoms with E-state index in [2.05, 4.69) is 48.5 Å². The van der Waals surface area contributed by atoms with Crippen molar-refractivity contribution in [3.63, 3.8) is 0 Å². The summed E-state index contributed by atoms with van der Waals surface area (Å²) in [6.45, 7) is 16.8. The fourth-order valence-electron chi connectivity index (χ4n) is 3.39. The molecule has 0 aliphatic rings. The molecule has 0 aromatic rings. The van der Waals surface area contributed by atoms with E-state index in [0.717, 1.165) is 5.92 Å². The Bertz CT molecular complexity index is 155. The fraction of sp³-hybridized carbons (Fsp3) is 1.00. The Balaban J connectivity index is 5.06. The summed E-state index contributed by atoms with van der Waals surface area (Å²) in [7, 11) is 0. The maximum Gasteiger partial charge on any atom is -0.0223 e. The first-order chi connectivity index (χ1) is 6.85. The van der Waals surface area contributed by atoms with Crippen LogP contribution in [0.1, 0.15) is 80.6 Å². The first-order valence-corrected chi connectivity index (χ1v) is 6.85. The van der Waals surface area contributed by atoms with Crippen LogP contribution in [0.3, 0.4) is 0 Å². The van der Waals surface area contributed by atoms with Gasteiger partial charge >= 0.3 is 0 Å². The molecule has 0 aliphatic carbocycles. The zero-order valence-corrected chi connectivity index (χ0v) is 12.1. The van der Waals surface area contributed by atoms with Gasteiger partial charge in [0.25, 0.3) is 0 Å². The Morgan fingerprint density at radius 2 is 1.27 bits per heavy atom. The first kappa shape index (κ1) is 15.0. The third-order valence-electron chi connectivity index (χ3n) is 4.44. The van der Waals surface area contributed by atoms with Crippen LogP contribution in [0, 0.1) is 16.7 Å². The van der Waals surface area contributed by atoms with Crippen LogP contribution in [-0.4, -0.2) is 0 Å². The van der Waals surface area contributed by atoms with Crippen LogP contribution in [0.15, 0.2) is 0 Å². The van der Waals surface area contributed by atoms with Gasteiger partial charge in [0.1, 0.15) is 0 Å². The molecule has 0 aromatic heterocycles. The van der Waals surface area contributed by atoms with Gasteiger partial charge in [0.15, 0.2) is 0 Å². The van der Waals surface area contributed by atoms with Gasteiger partial charge in [-0.05, 0) is 29.6 Å². The molecule has 0 rings (SSSR count). The lowest BCUT2D eigenvalue weighted by Gasteiger charge is -2.50. The molecule has 0 aliphatic heterocycles. The molecule has 0 radical (unpaired) electrons. The topological polar surface area (TPSA) is 0 Å². The highest BCUT2D eigenvalue weighted by atomic mass is 14.5. The minimum absolute atomic E-state index is 0.439. The van der Waals surface area contributed by atoms with Crippen LogP contribution >= 0.6 is 0 Å². The van der Waals surface area contributed by atoms with Crippen molar-refractivity contribution in [2.24, 2.45) is 16.7 Å². The molecule has 0 nitrogen and oxygen atoms in total. The van der Waals surface area contributed by atoms with Crippen LogP contribution in [0.25, 0.3) is 0 Å². The van der Waals surface area contributed by atoms with E-state index in [-0.39, 0.29) is 0 Å². The molecule has 1 unspecified atom stereocenters. The van der Waals surface area contributed by atoms with Gasteiger partial charge in [-0.15, -0.1) is 0 Å². The summed E-state index contributed by atoms with van der Waals surface area (Å²) in [6, 6.07) is 0. The van der Waals surface area contributed by atoms with Crippen molar-refractivity contribution in [2.45, 2.75) is 80.6 Å². The number of hydrogen-bond donors (Lipinski definition) is 0. The lowest BCUT2D eigenvalue weighted by molar-refractivity contribution is -0.000192. The molecular weight excluding hydrogens is 180 g/mol. The zero-order valence-electron chi connectivity index (χ0n) is 12.1. The molecule has 0 amide bonds. The standard InChI is InChI=1S/C15H32/c1-8-11-15(12-9-2,13(4)10-3)14(5,6)7/h13H,8-12H2,1-7H3. The van der Waals surface area contributed by atoms with E-state index in [4.69, 9.17) is 0 Å². The molecule has 0 saturated heterocycles. The Morgan fingerprint density at radius 3 is 1.47 bits per heavy atom. The first-order valence-electron chi connectivity index (χ1n) is 6.85. The predicted octanol–water partition coefficient (Wildman–Crippen LogP) is 5.67. The van der Waals surface area contributed by atoms with Gasteiger partial charge in [0.05, 0.1) is 0 Å². The van der Waals surface area contributed by atoms with Crippen molar-refractivity contribution in [3.8, 4) is 0 Å². The minimum atomic E-state index is 0.439. The summed E-state index contributed by atoms with van der Waals surface area (Å²) < 4.78 is 0. The van der Waals surface area contributed by atoms with Gasteiger partial charge in [-0.25, -0.2) is 0 Å². The molecule has 0 fully saturated rings. The smallest absolute Gasteiger partial charge is 0.0223 e. The Kier molecular flexibility index (Phi) is 5.92. The molecule has 15 heavy (non-hydrogen) atoms.